The van der Waals surface area contributed by atoms with Gasteiger partial charge in [-0.2, -0.15) is 0 Å². The van der Waals surface area contributed by atoms with Crippen LogP contribution >= 0.6 is 0 Å². The zero-order chi connectivity index (χ0) is 10.5. The van der Waals surface area contributed by atoms with E-state index >= 15 is 0 Å². The van der Waals surface area contributed by atoms with Gasteiger partial charge in [0.2, 0.25) is 0 Å². The summed E-state index contributed by atoms with van der Waals surface area (Å²) < 4.78 is 5.29. The van der Waals surface area contributed by atoms with Crippen LogP contribution in [0.5, 0.6) is 0 Å². The third-order valence-electron chi connectivity index (χ3n) is 3.75. The van der Waals surface area contributed by atoms with E-state index in [0.29, 0.717) is 11.5 Å². The van der Waals surface area contributed by atoms with Crippen molar-refractivity contribution in [1.29, 1.82) is 0 Å². The first kappa shape index (κ1) is 9.40. The Hall–Kier alpha value is -0.830. The lowest BCUT2D eigenvalue weighted by Crippen LogP contribution is -2.38. The summed E-state index contributed by atoms with van der Waals surface area (Å²) in [5.41, 5.74) is 1.61. The second-order valence-electron chi connectivity index (χ2n) is 5.57. The number of hydrogen-bond donors (Lipinski definition) is 1. The molecule has 3 nitrogen and oxygen atoms in total. The first-order valence-electron chi connectivity index (χ1n) is 5.86. The van der Waals surface area contributed by atoms with Crippen molar-refractivity contribution >= 4 is 0 Å². The molecule has 1 atom stereocenters. The van der Waals surface area contributed by atoms with E-state index in [4.69, 9.17) is 4.52 Å². The number of aromatic nitrogens is 1. The van der Waals surface area contributed by atoms with E-state index in [1.807, 2.05) is 6.20 Å². The van der Waals surface area contributed by atoms with Gasteiger partial charge in [-0.3, -0.25) is 0 Å². The zero-order valence-electron chi connectivity index (χ0n) is 9.42. The molecule has 1 aromatic rings. The van der Waals surface area contributed by atoms with Crippen LogP contribution in [0.2, 0.25) is 0 Å². The Morgan fingerprint density at radius 1 is 1.47 bits per heavy atom. The average molecular weight is 206 g/mol. The average Bonchev–Trinajstić information content (AvgIpc) is 2.87. The van der Waals surface area contributed by atoms with Crippen molar-refractivity contribution in [3.8, 4) is 0 Å². The van der Waals surface area contributed by atoms with Crippen molar-refractivity contribution in [1.82, 2.24) is 10.5 Å². The molecule has 0 aliphatic heterocycles. The Bertz CT molecular complexity index is 365. The summed E-state index contributed by atoms with van der Waals surface area (Å²) in [6, 6.07) is 1.16. The molecule has 1 fully saturated rings. The molecule has 2 aliphatic carbocycles. The minimum absolute atomic E-state index is 0.321. The van der Waals surface area contributed by atoms with E-state index in [-0.39, 0.29) is 0 Å². The summed E-state index contributed by atoms with van der Waals surface area (Å²) in [7, 11) is 0. The molecule has 1 aromatic heterocycles. The van der Waals surface area contributed by atoms with Crippen LogP contribution in [0.15, 0.2) is 10.7 Å². The summed E-state index contributed by atoms with van der Waals surface area (Å²) in [4.78, 5) is 0. The second-order valence-corrected chi connectivity index (χ2v) is 5.57. The smallest absolute Gasteiger partial charge is 0.141 e. The molecular weight excluding hydrogens is 188 g/mol. The SMILES string of the molecule is CC1(C)CCc2oncc2C1NC1CC1. The molecule has 15 heavy (non-hydrogen) atoms. The Balaban J connectivity index is 1.92. The number of aryl methyl sites for hydroxylation is 1. The van der Waals surface area contributed by atoms with E-state index in [1.54, 1.807) is 0 Å². The highest BCUT2D eigenvalue weighted by atomic mass is 16.5. The van der Waals surface area contributed by atoms with Crippen LogP contribution in [0, 0.1) is 5.41 Å². The Morgan fingerprint density at radius 2 is 2.27 bits per heavy atom. The molecule has 0 amide bonds. The third-order valence-corrected chi connectivity index (χ3v) is 3.75. The minimum Gasteiger partial charge on any atom is -0.361 e. The maximum Gasteiger partial charge on any atom is 0.141 e. The van der Waals surface area contributed by atoms with Crippen molar-refractivity contribution in [2.45, 2.75) is 51.6 Å². The molecule has 0 spiro atoms. The van der Waals surface area contributed by atoms with Crippen molar-refractivity contribution in [3.05, 3.63) is 17.5 Å². The largest absolute Gasteiger partial charge is 0.361 e. The zero-order valence-corrected chi connectivity index (χ0v) is 9.42. The van der Waals surface area contributed by atoms with Gasteiger partial charge in [-0.25, -0.2) is 0 Å². The van der Waals surface area contributed by atoms with Crippen LogP contribution in [0.1, 0.15) is 50.5 Å². The van der Waals surface area contributed by atoms with E-state index in [0.717, 1.165) is 18.2 Å². The number of nitrogens with one attached hydrogen (secondary N) is 1. The summed E-state index contributed by atoms with van der Waals surface area (Å²) in [5.74, 6) is 1.09. The van der Waals surface area contributed by atoms with Gasteiger partial charge in [-0.05, 0) is 24.7 Å². The lowest BCUT2D eigenvalue weighted by molar-refractivity contribution is 0.194. The summed E-state index contributed by atoms with van der Waals surface area (Å²) in [5, 5.41) is 7.66. The van der Waals surface area contributed by atoms with Gasteiger partial charge in [0.25, 0.3) is 0 Å². The molecule has 2 aliphatic rings. The van der Waals surface area contributed by atoms with Crippen LogP contribution in [0.4, 0.5) is 0 Å². The van der Waals surface area contributed by atoms with Crippen molar-refractivity contribution in [3.63, 3.8) is 0 Å². The lowest BCUT2D eigenvalue weighted by atomic mass is 9.72. The molecule has 0 bridgehead atoms. The number of rotatable bonds is 2. The molecule has 1 N–H and O–H groups in total. The number of nitrogens with zero attached hydrogens (tertiary/aromatic N) is 1. The molecule has 0 aromatic carbocycles. The first-order valence-corrected chi connectivity index (χ1v) is 5.86. The van der Waals surface area contributed by atoms with Gasteiger partial charge in [0, 0.05) is 24.1 Å². The van der Waals surface area contributed by atoms with Gasteiger partial charge in [-0.15, -0.1) is 0 Å². The Kier molecular flexibility index (Phi) is 1.93. The molecule has 1 heterocycles. The third kappa shape index (κ3) is 1.59. The standard InChI is InChI=1S/C12H18N2O/c1-12(2)6-5-10-9(7-13-15-10)11(12)14-8-3-4-8/h7-8,11,14H,3-6H2,1-2H3. The summed E-state index contributed by atoms with van der Waals surface area (Å²) in [6.45, 7) is 4.67. The second kappa shape index (κ2) is 3.08. The van der Waals surface area contributed by atoms with Crippen molar-refractivity contribution in [2.75, 3.05) is 0 Å². The fourth-order valence-corrected chi connectivity index (χ4v) is 2.50. The predicted molar refractivity (Wildman–Crippen MR) is 57.5 cm³/mol. The van der Waals surface area contributed by atoms with E-state index < -0.39 is 0 Å². The molecular formula is C12H18N2O. The highest BCUT2D eigenvalue weighted by molar-refractivity contribution is 5.25. The van der Waals surface area contributed by atoms with Crippen LogP contribution in [0.25, 0.3) is 0 Å². The lowest BCUT2D eigenvalue weighted by Gasteiger charge is -2.38. The van der Waals surface area contributed by atoms with Crippen LogP contribution < -0.4 is 5.32 Å². The highest BCUT2D eigenvalue weighted by Gasteiger charge is 2.40. The minimum atomic E-state index is 0.321. The first-order chi connectivity index (χ1) is 7.17. The van der Waals surface area contributed by atoms with Gasteiger partial charge < -0.3 is 9.84 Å². The van der Waals surface area contributed by atoms with E-state index in [2.05, 4.69) is 24.3 Å². The normalized spacial score (nSPS) is 28.8. The molecule has 1 saturated carbocycles. The van der Waals surface area contributed by atoms with E-state index in [9.17, 15) is 0 Å². The quantitative estimate of drug-likeness (QED) is 0.807. The van der Waals surface area contributed by atoms with Gasteiger partial charge >= 0.3 is 0 Å². The predicted octanol–water partition coefficient (Wildman–Crippen LogP) is 2.44. The molecule has 0 radical (unpaired) electrons. The molecule has 3 rings (SSSR count). The molecule has 1 unspecified atom stereocenters. The monoisotopic (exact) mass is 206 g/mol. The van der Waals surface area contributed by atoms with Crippen LogP contribution in [-0.2, 0) is 6.42 Å². The van der Waals surface area contributed by atoms with Crippen molar-refractivity contribution < 1.29 is 4.52 Å². The van der Waals surface area contributed by atoms with Crippen LogP contribution in [-0.4, -0.2) is 11.2 Å². The Labute approximate surface area is 90.2 Å². The summed E-state index contributed by atoms with van der Waals surface area (Å²) in [6.07, 6.45) is 6.77. The van der Waals surface area contributed by atoms with Crippen molar-refractivity contribution in [2.24, 2.45) is 5.41 Å². The van der Waals surface area contributed by atoms with Crippen LogP contribution in [0.3, 0.4) is 0 Å². The molecule has 0 saturated heterocycles. The maximum absolute atomic E-state index is 5.29. The highest BCUT2D eigenvalue weighted by Crippen LogP contribution is 2.44. The fourth-order valence-electron chi connectivity index (χ4n) is 2.50. The topological polar surface area (TPSA) is 38.1 Å². The van der Waals surface area contributed by atoms with Gasteiger partial charge in [0.15, 0.2) is 0 Å². The van der Waals surface area contributed by atoms with Gasteiger partial charge in [0.1, 0.15) is 5.76 Å². The van der Waals surface area contributed by atoms with Gasteiger partial charge in [0.05, 0.1) is 6.20 Å². The summed E-state index contributed by atoms with van der Waals surface area (Å²) >= 11 is 0. The van der Waals surface area contributed by atoms with E-state index in [1.165, 1.54) is 24.8 Å². The number of hydrogen-bond acceptors (Lipinski definition) is 3. The fraction of sp³-hybridized carbons (Fsp3) is 0.750. The maximum atomic E-state index is 5.29. The van der Waals surface area contributed by atoms with Gasteiger partial charge in [-0.1, -0.05) is 19.0 Å². The Morgan fingerprint density at radius 3 is 3.00 bits per heavy atom. The number of fused-ring (bicyclic) bond motifs is 1. The molecule has 3 heteroatoms. The molecule has 82 valence electrons.